The molecule has 0 radical (unpaired) electrons. The molecule has 1 aliphatic rings. The van der Waals surface area contributed by atoms with Crippen LogP contribution in [0.15, 0.2) is 48.0 Å². The average molecular weight is 418 g/mol. The van der Waals surface area contributed by atoms with Crippen molar-refractivity contribution in [2.45, 2.75) is 19.4 Å². The van der Waals surface area contributed by atoms with E-state index in [0.29, 0.717) is 15.8 Å². The Hall–Kier alpha value is -2.84. The number of aromatic nitrogens is 2. The lowest BCUT2D eigenvalue weighted by molar-refractivity contribution is -0.118. The van der Waals surface area contributed by atoms with Crippen molar-refractivity contribution < 1.29 is 19.1 Å². The molecule has 142 valence electrons. The third-order valence-corrected chi connectivity index (χ3v) is 5.78. The molecule has 1 unspecified atom stereocenters. The van der Waals surface area contributed by atoms with E-state index in [-0.39, 0.29) is 27.9 Å². The lowest BCUT2D eigenvalue weighted by atomic mass is 9.96. The summed E-state index contributed by atoms with van der Waals surface area (Å²) < 4.78 is 14.3. The minimum atomic E-state index is -0.844. The Morgan fingerprint density at radius 2 is 2.07 bits per heavy atom. The van der Waals surface area contributed by atoms with E-state index in [0.717, 1.165) is 11.3 Å². The molecular weight excluding hydrogens is 405 g/mol. The van der Waals surface area contributed by atoms with Gasteiger partial charge >= 0.3 is 0 Å². The fourth-order valence-electron chi connectivity index (χ4n) is 3.15. The molecule has 4 rings (SSSR count). The zero-order valence-corrected chi connectivity index (χ0v) is 16.1. The first-order valence-corrected chi connectivity index (χ1v) is 9.57. The largest absolute Gasteiger partial charge is 0.503 e. The molecule has 0 fully saturated rings. The summed E-state index contributed by atoms with van der Waals surface area (Å²) in [5.41, 5.74) is 1.04. The van der Waals surface area contributed by atoms with Crippen molar-refractivity contribution in [3.8, 4) is 0 Å². The van der Waals surface area contributed by atoms with Crippen LogP contribution in [0.3, 0.4) is 0 Å². The predicted molar refractivity (Wildman–Crippen MR) is 104 cm³/mol. The predicted octanol–water partition coefficient (Wildman–Crippen LogP) is 4.36. The van der Waals surface area contributed by atoms with Crippen molar-refractivity contribution in [1.82, 2.24) is 9.97 Å². The number of anilines is 1. The van der Waals surface area contributed by atoms with Crippen LogP contribution in [0.5, 0.6) is 0 Å². The van der Waals surface area contributed by atoms with Crippen molar-refractivity contribution in [2.24, 2.45) is 0 Å². The Morgan fingerprint density at radius 3 is 2.75 bits per heavy atom. The van der Waals surface area contributed by atoms with Crippen LogP contribution in [-0.4, -0.2) is 26.8 Å². The number of carbonyl (C=O) groups is 2. The Balaban J connectivity index is 1.90. The van der Waals surface area contributed by atoms with Crippen LogP contribution in [0.1, 0.15) is 24.9 Å². The number of hydrogen-bond donors (Lipinski definition) is 1. The normalized spacial score (nSPS) is 17.0. The van der Waals surface area contributed by atoms with Gasteiger partial charge in [-0.15, -0.1) is 0 Å². The van der Waals surface area contributed by atoms with Gasteiger partial charge in [-0.3, -0.25) is 19.5 Å². The highest BCUT2D eigenvalue weighted by Gasteiger charge is 2.45. The van der Waals surface area contributed by atoms with Crippen LogP contribution < -0.4 is 4.90 Å². The number of ketones is 1. The Labute approximate surface area is 167 Å². The van der Waals surface area contributed by atoms with Crippen LogP contribution in [0.4, 0.5) is 9.52 Å². The van der Waals surface area contributed by atoms with E-state index in [1.54, 1.807) is 19.1 Å². The lowest BCUT2D eigenvalue weighted by Gasteiger charge is -2.24. The van der Waals surface area contributed by atoms with Crippen molar-refractivity contribution in [3.63, 3.8) is 0 Å². The molecule has 2 aromatic heterocycles. The number of Topliss-reactive ketones (excluding diaryl/α,β-unsaturated/α-hetero) is 1. The summed E-state index contributed by atoms with van der Waals surface area (Å²) in [6.45, 7) is 1.65. The fourth-order valence-corrected chi connectivity index (χ4v) is 4.31. The minimum Gasteiger partial charge on any atom is -0.503 e. The van der Waals surface area contributed by atoms with Crippen LogP contribution in [0.25, 0.3) is 10.2 Å². The number of benzene rings is 1. The highest BCUT2D eigenvalue weighted by molar-refractivity contribution is 7.22. The Bertz CT molecular complexity index is 1110. The van der Waals surface area contributed by atoms with E-state index in [4.69, 9.17) is 11.6 Å². The molecule has 0 saturated carbocycles. The van der Waals surface area contributed by atoms with Gasteiger partial charge in [-0.25, -0.2) is 9.37 Å². The molecular formula is C19H13ClFN3O3S. The quantitative estimate of drug-likeness (QED) is 0.681. The third-order valence-electron chi connectivity index (χ3n) is 4.48. The fraction of sp³-hybridized carbons (Fsp3) is 0.158. The van der Waals surface area contributed by atoms with Gasteiger partial charge in [0.05, 0.1) is 26.9 Å². The molecule has 1 amide bonds. The molecule has 0 aliphatic carbocycles. The monoisotopic (exact) mass is 417 g/mol. The van der Waals surface area contributed by atoms with Gasteiger partial charge in [0.2, 0.25) is 0 Å². The highest BCUT2D eigenvalue weighted by atomic mass is 35.5. The minimum absolute atomic E-state index is 0.0159. The number of fused-ring (bicyclic) bond motifs is 1. The van der Waals surface area contributed by atoms with Crippen molar-refractivity contribution in [3.05, 3.63) is 64.4 Å². The number of pyridine rings is 1. The van der Waals surface area contributed by atoms with Crippen molar-refractivity contribution in [1.29, 1.82) is 0 Å². The van der Waals surface area contributed by atoms with Gasteiger partial charge in [-0.05, 0) is 29.8 Å². The number of hydrogen-bond acceptors (Lipinski definition) is 6. The van der Waals surface area contributed by atoms with E-state index in [1.807, 2.05) is 0 Å². The van der Waals surface area contributed by atoms with Gasteiger partial charge in [0.15, 0.2) is 16.7 Å². The molecule has 1 atom stereocenters. The molecule has 28 heavy (non-hydrogen) atoms. The molecule has 0 saturated heterocycles. The molecule has 1 aromatic carbocycles. The summed E-state index contributed by atoms with van der Waals surface area (Å²) in [6, 6.07) is 5.10. The number of aliphatic hydroxyl groups is 1. The van der Waals surface area contributed by atoms with Crippen LogP contribution >= 0.6 is 22.9 Å². The number of nitrogens with zero attached hydrogens (tertiary/aromatic N) is 3. The van der Waals surface area contributed by atoms with Gasteiger partial charge in [-0.1, -0.05) is 29.9 Å². The summed E-state index contributed by atoms with van der Waals surface area (Å²) in [6.07, 6.45) is 3.20. The molecule has 0 spiro atoms. The van der Waals surface area contributed by atoms with Crippen LogP contribution in [-0.2, 0) is 9.59 Å². The zero-order valence-electron chi connectivity index (χ0n) is 14.5. The van der Waals surface area contributed by atoms with Crippen LogP contribution in [0.2, 0.25) is 5.02 Å². The molecule has 1 N–H and O–H groups in total. The summed E-state index contributed by atoms with van der Waals surface area (Å²) in [7, 11) is 0. The maximum atomic E-state index is 13.8. The molecule has 9 heteroatoms. The van der Waals surface area contributed by atoms with Gasteiger partial charge in [-0.2, -0.15) is 0 Å². The topological polar surface area (TPSA) is 83.4 Å². The van der Waals surface area contributed by atoms with E-state index in [1.165, 1.54) is 29.4 Å². The second-order valence-corrected chi connectivity index (χ2v) is 7.54. The van der Waals surface area contributed by atoms with Gasteiger partial charge < -0.3 is 5.11 Å². The number of thiazole rings is 1. The molecule has 1 aliphatic heterocycles. The molecule has 3 heterocycles. The number of amides is 1. The maximum Gasteiger partial charge on any atom is 0.296 e. The first-order chi connectivity index (χ1) is 13.4. The lowest BCUT2D eigenvalue weighted by Crippen LogP contribution is -2.30. The van der Waals surface area contributed by atoms with Gasteiger partial charge in [0, 0.05) is 18.8 Å². The Morgan fingerprint density at radius 1 is 1.36 bits per heavy atom. The first kappa shape index (κ1) is 18.5. The maximum absolute atomic E-state index is 13.8. The summed E-state index contributed by atoms with van der Waals surface area (Å²) in [4.78, 5) is 34.9. The van der Waals surface area contributed by atoms with Crippen molar-refractivity contribution in [2.75, 3.05) is 4.90 Å². The van der Waals surface area contributed by atoms with E-state index >= 15 is 0 Å². The molecule has 6 nitrogen and oxygen atoms in total. The smallest absolute Gasteiger partial charge is 0.296 e. The van der Waals surface area contributed by atoms with Crippen LogP contribution in [0, 0.1) is 5.82 Å². The summed E-state index contributed by atoms with van der Waals surface area (Å²) >= 11 is 6.90. The standard InChI is InChI=1S/C19H13ClFN3O3S/c1-2-13(25)15-16(9-3-5-22-6-4-9)24(18(27)17(15)26)19-23-12-7-10(20)11(21)8-14(12)28-19/h3-8,16,26H,2H2,1H3. The number of halogens is 2. The number of carbonyl (C=O) groups excluding carboxylic acids is 2. The van der Waals surface area contributed by atoms with E-state index < -0.39 is 23.5 Å². The molecule has 0 bridgehead atoms. The van der Waals surface area contributed by atoms with Gasteiger partial charge in [0.25, 0.3) is 5.91 Å². The Kier molecular flexibility index (Phi) is 4.60. The van der Waals surface area contributed by atoms with E-state index in [9.17, 15) is 19.1 Å². The number of aliphatic hydroxyl groups excluding tert-OH is 1. The second kappa shape index (κ2) is 6.96. The van der Waals surface area contributed by atoms with Gasteiger partial charge in [0.1, 0.15) is 5.82 Å². The third kappa shape index (κ3) is 2.85. The summed E-state index contributed by atoms with van der Waals surface area (Å²) in [5.74, 6) is -2.27. The van der Waals surface area contributed by atoms with E-state index in [2.05, 4.69) is 9.97 Å². The molecule has 3 aromatic rings. The summed E-state index contributed by atoms with van der Waals surface area (Å²) in [5, 5.41) is 10.6. The SMILES string of the molecule is CCC(=O)C1=C(O)C(=O)N(c2nc3cc(Cl)c(F)cc3s2)C1c1ccncc1. The number of rotatable bonds is 4. The zero-order chi connectivity index (χ0) is 20.0. The first-order valence-electron chi connectivity index (χ1n) is 8.37. The second-order valence-electron chi connectivity index (χ2n) is 6.13. The van der Waals surface area contributed by atoms with Crippen molar-refractivity contribution >= 4 is 50.0 Å². The highest BCUT2D eigenvalue weighted by Crippen LogP contribution is 2.43. The average Bonchev–Trinajstić information content (AvgIpc) is 3.20.